The Hall–Kier alpha value is -2.53. The largest absolute Gasteiger partial charge is 0.491 e. The van der Waals surface area contributed by atoms with E-state index in [9.17, 15) is 9.90 Å². The number of anilines is 1. The summed E-state index contributed by atoms with van der Waals surface area (Å²) in [6.45, 7) is 4.16. The Bertz CT molecular complexity index is 658. The van der Waals surface area contributed by atoms with Crippen molar-refractivity contribution >= 4 is 11.7 Å². The molecule has 0 saturated heterocycles. The van der Waals surface area contributed by atoms with Gasteiger partial charge in [0.05, 0.1) is 0 Å². The van der Waals surface area contributed by atoms with Gasteiger partial charge in [-0.2, -0.15) is 0 Å². The lowest BCUT2D eigenvalue weighted by Crippen LogP contribution is -2.37. The lowest BCUT2D eigenvalue weighted by atomic mass is 10.2. The predicted octanol–water partition coefficient (Wildman–Crippen LogP) is 2.86. The lowest BCUT2D eigenvalue weighted by Gasteiger charge is -2.14. The van der Waals surface area contributed by atoms with Gasteiger partial charge in [-0.3, -0.25) is 0 Å². The molecule has 0 spiro atoms. The van der Waals surface area contributed by atoms with E-state index in [1.807, 2.05) is 62.4 Å². The third-order valence-electron chi connectivity index (χ3n) is 3.21. The molecule has 5 heteroatoms. The van der Waals surface area contributed by atoms with Crippen LogP contribution in [0.4, 0.5) is 10.5 Å². The fourth-order valence-corrected chi connectivity index (χ4v) is 2.07. The fraction of sp³-hybridized carbons (Fsp3) is 0.278. The molecule has 0 aliphatic heterocycles. The first-order valence-electron chi connectivity index (χ1n) is 7.52. The molecule has 1 unspecified atom stereocenters. The van der Waals surface area contributed by atoms with Crippen LogP contribution in [0.15, 0.2) is 48.5 Å². The quantitative estimate of drug-likeness (QED) is 0.768. The number of benzene rings is 2. The second kappa shape index (κ2) is 8.19. The minimum Gasteiger partial charge on any atom is -0.491 e. The molecule has 2 amide bonds. The topological polar surface area (TPSA) is 70.6 Å². The number of aliphatic hydroxyl groups excluding tert-OH is 1. The smallest absolute Gasteiger partial charge is 0.319 e. The van der Waals surface area contributed by atoms with Crippen molar-refractivity contribution in [1.29, 1.82) is 0 Å². The van der Waals surface area contributed by atoms with Crippen LogP contribution in [0.5, 0.6) is 5.75 Å². The zero-order valence-electron chi connectivity index (χ0n) is 13.4. The second-order valence-corrected chi connectivity index (χ2v) is 5.49. The van der Waals surface area contributed by atoms with E-state index in [1.165, 1.54) is 0 Å². The molecule has 23 heavy (non-hydrogen) atoms. The van der Waals surface area contributed by atoms with Gasteiger partial charge in [-0.25, -0.2) is 4.79 Å². The Balaban J connectivity index is 1.71. The summed E-state index contributed by atoms with van der Waals surface area (Å²) in [5, 5.41) is 15.2. The van der Waals surface area contributed by atoms with E-state index in [4.69, 9.17) is 4.74 Å². The summed E-state index contributed by atoms with van der Waals surface area (Å²) >= 11 is 0. The molecule has 3 N–H and O–H groups in total. The predicted molar refractivity (Wildman–Crippen MR) is 90.9 cm³/mol. The Kier molecular flexibility index (Phi) is 6.00. The maximum absolute atomic E-state index is 11.8. The lowest BCUT2D eigenvalue weighted by molar-refractivity contribution is 0.108. The van der Waals surface area contributed by atoms with Crippen molar-refractivity contribution in [3.05, 3.63) is 59.7 Å². The first-order valence-corrected chi connectivity index (χ1v) is 7.52. The first kappa shape index (κ1) is 16.8. The van der Waals surface area contributed by atoms with Crippen LogP contribution >= 0.6 is 0 Å². The number of amides is 2. The number of hydrogen-bond acceptors (Lipinski definition) is 3. The number of urea groups is 1. The molecule has 0 saturated carbocycles. The highest BCUT2D eigenvalue weighted by molar-refractivity contribution is 5.89. The third kappa shape index (κ3) is 6.00. The fourth-order valence-electron chi connectivity index (χ4n) is 2.07. The normalized spacial score (nSPS) is 11.6. The number of aliphatic hydroxyl groups is 1. The van der Waals surface area contributed by atoms with E-state index in [2.05, 4.69) is 10.6 Å². The van der Waals surface area contributed by atoms with Gasteiger partial charge in [0.2, 0.25) is 0 Å². The van der Waals surface area contributed by atoms with Gasteiger partial charge in [0, 0.05) is 12.2 Å². The van der Waals surface area contributed by atoms with E-state index in [1.54, 1.807) is 0 Å². The van der Waals surface area contributed by atoms with Crippen LogP contribution < -0.4 is 15.4 Å². The second-order valence-electron chi connectivity index (χ2n) is 5.49. The van der Waals surface area contributed by atoms with Gasteiger partial charge in [0.1, 0.15) is 18.5 Å². The molecule has 0 heterocycles. The van der Waals surface area contributed by atoms with Gasteiger partial charge < -0.3 is 20.5 Å². The molecule has 0 radical (unpaired) electrons. The molecular formula is C18H22N2O3. The minimum atomic E-state index is -0.779. The van der Waals surface area contributed by atoms with Gasteiger partial charge in [-0.05, 0) is 49.2 Å². The Morgan fingerprint density at radius 1 is 1.13 bits per heavy atom. The van der Waals surface area contributed by atoms with Crippen LogP contribution in [0.3, 0.4) is 0 Å². The summed E-state index contributed by atoms with van der Waals surface area (Å²) in [5.74, 6) is 0.702. The zero-order valence-corrected chi connectivity index (χ0v) is 13.4. The summed E-state index contributed by atoms with van der Waals surface area (Å²) in [6.07, 6.45) is -0.779. The van der Waals surface area contributed by atoms with Crippen LogP contribution in [0.2, 0.25) is 0 Å². The maximum atomic E-state index is 11.8. The molecule has 0 aromatic heterocycles. The van der Waals surface area contributed by atoms with Gasteiger partial charge in [0.25, 0.3) is 0 Å². The van der Waals surface area contributed by atoms with Crippen LogP contribution in [0, 0.1) is 13.8 Å². The van der Waals surface area contributed by atoms with E-state index in [0.717, 1.165) is 11.1 Å². The molecular weight excluding hydrogens is 292 g/mol. The van der Waals surface area contributed by atoms with Crippen molar-refractivity contribution in [3.63, 3.8) is 0 Å². The Labute approximate surface area is 136 Å². The average molecular weight is 314 g/mol. The number of rotatable bonds is 6. The molecule has 0 bridgehead atoms. The molecule has 2 aromatic carbocycles. The number of hydrogen-bond donors (Lipinski definition) is 3. The number of carbonyl (C=O) groups excluding carboxylic acids is 1. The molecule has 0 aliphatic carbocycles. The van der Waals surface area contributed by atoms with E-state index >= 15 is 0 Å². The standard InChI is InChI=1S/C18H22N2O3/c1-13-5-3-7-15(9-13)20-18(22)19-11-16(21)12-23-17-8-4-6-14(2)10-17/h3-10,16,21H,11-12H2,1-2H3,(H2,19,20,22). The molecule has 2 rings (SSSR count). The highest BCUT2D eigenvalue weighted by Crippen LogP contribution is 2.12. The highest BCUT2D eigenvalue weighted by Gasteiger charge is 2.08. The van der Waals surface area contributed by atoms with Crippen molar-refractivity contribution in [1.82, 2.24) is 5.32 Å². The summed E-state index contributed by atoms with van der Waals surface area (Å²) in [7, 11) is 0. The summed E-state index contributed by atoms with van der Waals surface area (Å²) in [4.78, 5) is 11.8. The molecule has 0 fully saturated rings. The molecule has 1 atom stereocenters. The number of carbonyl (C=O) groups is 1. The van der Waals surface area contributed by atoms with Crippen LogP contribution in [0.1, 0.15) is 11.1 Å². The van der Waals surface area contributed by atoms with Gasteiger partial charge in [-0.1, -0.05) is 24.3 Å². The van der Waals surface area contributed by atoms with Crippen LogP contribution in [-0.4, -0.2) is 30.4 Å². The minimum absolute atomic E-state index is 0.115. The number of ether oxygens (including phenoxy) is 1. The molecule has 122 valence electrons. The zero-order chi connectivity index (χ0) is 16.7. The van der Waals surface area contributed by atoms with Crippen LogP contribution in [-0.2, 0) is 0 Å². The van der Waals surface area contributed by atoms with E-state index < -0.39 is 6.10 Å². The number of aryl methyl sites for hydroxylation is 2. The monoisotopic (exact) mass is 314 g/mol. The van der Waals surface area contributed by atoms with E-state index in [-0.39, 0.29) is 19.2 Å². The van der Waals surface area contributed by atoms with Crippen molar-refractivity contribution in [2.45, 2.75) is 20.0 Å². The van der Waals surface area contributed by atoms with Crippen LogP contribution in [0.25, 0.3) is 0 Å². The summed E-state index contributed by atoms with van der Waals surface area (Å²) in [6, 6.07) is 14.7. The van der Waals surface area contributed by atoms with Crippen molar-refractivity contribution < 1.29 is 14.6 Å². The molecule has 2 aromatic rings. The Morgan fingerprint density at radius 2 is 1.83 bits per heavy atom. The molecule has 0 aliphatic rings. The Morgan fingerprint density at radius 3 is 2.52 bits per heavy atom. The SMILES string of the molecule is Cc1cccc(NC(=O)NCC(O)COc2cccc(C)c2)c1. The summed E-state index contributed by atoms with van der Waals surface area (Å²) in [5.41, 5.74) is 2.87. The van der Waals surface area contributed by atoms with E-state index in [0.29, 0.717) is 11.4 Å². The summed E-state index contributed by atoms with van der Waals surface area (Å²) < 4.78 is 5.49. The van der Waals surface area contributed by atoms with Gasteiger partial charge >= 0.3 is 6.03 Å². The van der Waals surface area contributed by atoms with Gasteiger partial charge in [0.15, 0.2) is 0 Å². The van der Waals surface area contributed by atoms with Crippen molar-refractivity contribution in [2.75, 3.05) is 18.5 Å². The van der Waals surface area contributed by atoms with Crippen molar-refractivity contribution in [3.8, 4) is 5.75 Å². The number of nitrogens with one attached hydrogen (secondary N) is 2. The highest BCUT2D eigenvalue weighted by atomic mass is 16.5. The third-order valence-corrected chi connectivity index (χ3v) is 3.21. The first-order chi connectivity index (χ1) is 11.0. The molecule has 5 nitrogen and oxygen atoms in total. The average Bonchev–Trinajstić information content (AvgIpc) is 2.51. The maximum Gasteiger partial charge on any atom is 0.319 e. The van der Waals surface area contributed by atoms with Crippen molar-refractivity contribution in [2.24, 2.45) is 0 Å². The van der Waals surface area contributed by atoms with Gasteiger partial charge in [-0.15, -0.1) is 0 Å².